The van der Waals surface area contributed by atoms with Crippen LogP contribution in [0.5, 0.6) is 0 Å². The fourth-order valence-corrected chi connectivity index (χ4v) is 2.83. The topological polar surface area (TPSA) is 68.2 Å². The van der Waals surface area contributed by atoms with Crippen LogP contribution in [0.4, 0.5) is 10.6 Å². The highest BCUT2D eigenvalue weighted by Gasteiger charge is 2.17. The minimum Gasteiger partial charge on any atom is -0.376 e. The minimum atomic E-state index is -0.247. The van der Waals surface area contributed by atoms with Crippen LogP contribution in [0.15, 0.2) is 30.3 Å². The molecular weight excluding hydrogens is 328 g/mol. The first-order chi connectivity index (χ1) is 11.6. The molecule has 0 radical (unpaired) electrons. The van der Waals surface area contributed by atoms with Crippen molar-refractivity contribution in [3.8, 4) is 0 Å². The third kappa shape index (κ3) is 4.49. The largest absolute Gasteiger partial charge is 0.376 e. The summed E-state index contributed by atoms with van der Waals surface area (Å²) in [6.07, 6.45) is 2.17. The van der Waals surface area contributed by atoms with Gasteiger partial charge in [0.15, 0.2) is 0 Å². The maximum atomic E-state index is 12.1. The van der Waals surface area contributed by atoms with Gasteiger partial charge in [0.1, 0.15) is 5.82 Å². The lowest BCUT2D eigenvalue weighted by Gasteiger charge is -2.13. The SMILES string of the molecule is Cc1cc(NC(=O)NCC2CCCO2)n(Cc2ccc(Cl)cc2)n1. The van der Waals surface area contributed by atoms with Gasteiger partial charge in [0.2, 0.25) is 0 Å². The van der Waals surface area contributed by atoms with Gasteiger partial charge < -0.3 is 10.1 Å². The van der Waals surface area contributed by atoms with Crippen LogP contribution in [0, 0.1) is 6.92 Å². The number of ether oxygens (including phenoxy) is 1. The van der Waals surface area contributed by atoms with Gasteiger partial charge in [-0.15, -0.1) is 0 Å². The maximum absolute atomic E-state index is 12.1. The zero-order valence-corrected chi connectivity index (χ0v) is 14.3. The van der Waals surface area contributed by atoms with Crippen LogP contribution in [0.25, 0.3) is 0 Å². The zero-order valence-electron chi connectivity index (χ0n) is 13.6. The summed E-state index contributed by atoms with van der Waals surface area (Å²) in [5, 5.41) is 10.8. The first-order valence-corrected chi connectivity index (χ1v) is 8.43. The van der Waals surface area contributed by atoms with Gasteiger partial charge in [0, 0.05) is 24.2 Å². The number of anilines is 1. The molecule has 1 unspecified atom stereocenters. The Morgan fingerprint density at radius 3 is 2.92 bits per heavy atom. The highest BCUT2D eigenvalue weighted by molar-refractivity contribution is 6.30. The Balaban J connectivity index is 1.60. The van der Waals surface area contributed by atoms with Crippen molar-refractivity contribution in [1.82, 2.24) is 15.1 Å². The van der Waals surface area contributed by atoms with E-state index in [0.717, 1.165) is 30.7 Å². The fourth-order valence-electron chi connectivity index (χ4n) is 2.70. The number of carbonyl (C=O) groups is 1. The molecule has 1 atom stereocenters. The number of aromatic nitrogens is 2. The van der Waals surface area contributed by atoms with Gasteiger partial charge in [-0.25, -0.2) is 9.48 Å². The lowest BCUT2D eigenvalue weighted by molar-refractivity contribution is 0.112. The van der Waals surface area contributed by atoms with Crippen molar-refractivity contribution in [2.45, 2.75) is 32.4 Å². The first-order valence-electron chi connectivity index (χ1n) is 8.05. The van der Waals surface area contributed by atoms with E-state index >= 15 is 0 Å². The normalized spacial score (nSPS) is 17.0. The van der Waals surface area contributed by atoms with Gasteiger partial charge in [-0.2, -0.15) is 5.10 Å². The molecular formula is C17H21ClN4O2. The number of halogens is 1. The fraction of sp³-hybridized carbons (Fsp3) is 0.412. The molecule has 2 aromatic rings. The molecule has 0 aliphatic carbocycles. The predicted molar refractivity (Wildman–Crippen MR) is 93.5 cm³/mol. The van der Waals surface area contributed by atoms with Crippen LogP contribution >= 0.6 is 11.6 Å². The Labute approximate surface area is 146 Å². The number of hydrogen-bond acceptors (Lipinski definition) is 3. The summed E-state index contributed by atoms with van der Waals surface area (Å²) in [4.78, 5) is 12.1. The molecule has 2 N–H and O–H groups in total. The highest BCUT2D eigenvalue weighted by atomic mass is 35.5. The van der Waals surface area contributed by atoms with E-state index in [0.29, 0.717) is 23.9 Å². The van der Waals surface area contributed by atoms with Crippen molar-refractivity contribution in [2.75, 3.05) is 18.5 Å². The second-order valence-electron chi connectivity index (χ2n) is 5.93. The Morgan fingerprint density at radius 1 is 1.42 bits per heavy atom. The molecule has 6 nitrogen and oxygen atoms in total. The van der Waals surface area contributed by atoms with Gasteiger partial charge in [0.05, 0.1) is 18.3 Å². The minimum absolute atomic E-state index is 0.122. The maximum Gasteiger partial charge on any atom is 0.320 e. The summed E-state index contributed by atoms with van der Waals surface area (Å²) in [5.41, 5.74) is 1.91. The summed E-state index contributed by atoms with van der Waals surface area (Å²) in [6, 6.07) is 9.18. The van der Waals surface area contributed by atoms with Crippen LogP contribution < -0.4 is 10.6 Å². The van der Waals surface area contributed by atoms with Crippen LogP contribution in [-0.4, -0.2) is 35.1 Å². The average molecular weight is 349 g/mol. The van der Waals surface area contributed by atoms with E-state index in [-0.39, 0.29) is 12.1 Å². The molecule has 24 heavy (non-hydrogen) atoms. The molecule has 3 rings (SSSR count). The second-order valence-corrected chi connectivity index (χ2v) is 6.36. The smallest absolute Gasteiger partial charge is 0.320 e. The van der Waals surface area contributed by atoms with E-state index in [4.69, 9.17) is 16.3 Å². The summed E-state index contributed by atoms with van der Waals surface area (Å²) >= 11 is 5.91. The number of amides is 2. The van der Waals surface area contributed by atoms with Gasteiger partial charge in [-0.3, -0.25) is 5.32 Å². The first kappa shape index (κ1) is 16.8. The molecule has 0 spiro atoms. The molecule has 128 valence electrons. The summed E-state index contributed by atoms with van der Waals surface area (Å²) in [6.45, 7) is 3.76. The lowest BCUT2D eigenvalue weighted by atomic mass is 10.2. The molecule has 0 bridgehead atoms. The summed E-state index contributed by atoms with van der Waals surface area (Å²) in [5.74, 6) is 0.660. The number of aryl methyl sites for hydroxylation is 1. The van der Waals surface area contributed by atoms with Crippen LogP contribution in [0.1, 0.15) is 24.1 Å². The van der Waals surface area contributed by atoms with Crippen LogP contribution in [0.3, 0.4) is 0 Å². The van der Waals surface area contributed by atoms with Gasteiger partial charge >= 0.3 is 6.03 Å². The standard InChI is InChI=1S/C17H21ClN4O2/c1-12-9-16(20-17(23)19-10-15-3-2-8-24-15)22(21-12)11-13-4-6-14(18)7-5-13/h4-7,9,15H,2-3,8,10-11H2,1H3,(H2,19,20,23). The number of rotatable bonds is 5. The molecule has 1 aliphatic rings. The van der Waals surface area contributed by atoms with Gasteiger partial charge in [-0.1, -0.05) is 23.7 Å². The molecule has 1 aromatic heterocycles. The van der Waals surface area contributed by atoms with Crippen molar-refractivity contribution in [3.63, 3.8) is 0 Å². The highest BCUT2D eigenvalue weighted by Crippen LogP contribution is 2.15. The average Bonchev–Trinajstić information content (AvgIpc) is 3.18. The predicted octanol–water partition coefficient (Wildman–Crippen LogP) is 3.19. The molecule has 1 fully saturated rings. The van der Waals surface area contributed by atoms with E-state index in [1.54, 1.807) is 4.68 Å². The van der Waals surface area contributed by atoms with Gasteiger partial charge in [0.25, 0.3) is 0 Å². The monoisotopic (exact) mass is 348 g/mol. The van der Waals surface area contributed by atoms with Crippen molar-refractivity contribution >= 4 is 23.4 Å². The zero-order chi connectivity index (χ0) is 16.9. The summed E-state index contributed by atoms with van der Waals surface area (Å²) in [7, 11) is 0. The molecule has 1 aliphatic heterocycles. The van der Waals surface area contributed by atoms with Crippen molar-refractivity contribution < 1.29 is 9.53 Å². The van der Waals surface area contributed by atoms with E-state index in [2.05, 4.69) is 15.7 Å². The lowest BCUT2D eigenvalue weighted by Crippen LogP contribution is -2.35. The van der Waals surface area contributed by atoms with Gasteiger partial charge in [-0.05, 0) is 37.5 Å². The molecule has 2 amide bonds. The van der Waals surface area contributed by atoms with E-state index in [9.17, 15) is 4.79 Å². The van der Waals surface area contributed by atoms with E-state index < -0.39 is 0 Å². The molecule has 1 saturated heterocycles. The van der Waals surface area contributed by atoms with Crippen molar-refractivity contribution in [1.29, 1.82) is 0 Å². The van der Waals surface area contributed by atoms with Crippen LogP contribution in [0.2, 0.25) is 5.02 Å². The van der Waals surface area contributed by atoms with Crippen LogP contribution in [-0.2, 0) is 11.3 Å². The van der Waals surface area contributed by atoms with E-state index in [1.165, 1.54) is 0 Å². The number of nitrogens with one attached hydrogen (secondary N) is 2. The molecule has 0 saturated carbocycles. The number of urea groups is 1. The molecule has 1 aromatic carbocycles. The summed E-state index contributed by atoms with van der Waals surface area (Å²) < 4.78 is 7.27. The molecule has 7 heteroatoms. The van der Waals surface area contributed by atoms with E-state index in [1.807, 2.05) is 37.3 Å². The second kappa shape index (κ2) is 7.68. The van der Waals surface area contributed by atoms with Crippen molar-refractivity contribution in [2.24, 2.45) is 0 Å². The Hall–Kier alpha value is -2.05. The molecule has 2 heterocycles. The van der Waals surface area contributed by atoms with Crippen molar-refractivity contribution in [3.05, 3.63) is 46.6 Å². The number of carbonyl (C=O) groups excluding carboxylic acids is 1. The third-order valence-corrected chi connectivity index (χ3v) is 4.16. The third-order valence-electron chi connectivity index (χ3n) is 3.90. The number of benzene rings is 1. The number of hydrogen-bond donors (Lipinski definition) is 2. The quantitative estimate of drug-likeness (QED) is 0.871. The Morgan fingerprint density at radius 2 is 2.21 bits per heavy atom. The Bertz CT molecular complexity index is 693. The number of nitrogens with zero attached hydrogens (tertiary/aromatic N) is 2. The Kier molecular flexibility index (Phi) is 5.37.